The summed E-state index contributed by atoms with van der Waals surface area (Å²) in [4.78, 5) is 12.1. The van der Waals surface area contributed by atoms with E-state index in [0.717, 1.165) is 30.0 Å². The van der Waals surface area contributed by atoms with Crippen LogP contribution in [-0.4, -0.2) is 19.0 Å². The summed E-state index contributed by atoms with van der Waals surface area (Å²) in [6.45, 7) is 2.24. The van der Waals surface area contributed by atoms with Crippen molar-refractivity contribution < 1.29 is 4.79 Å². The summed E-state index contributed by atoms with van der Waals surface area (Å²) in [5.74, 6) is 0.772. The minimum Gasteiger partial charge on any atom is -0.387 e. The molecule has 3 heteroatoms. The number of nitrogens with one attached hydrogen (secondary N) is 2. The Morgan fingerprint density at radius 2 is 2.06 bits per heavy atom. The Kier molecular flexibility index (Phi) is 3.67. The van der Waals surface area contributed by atoms with Crippen molar-refractivity contribution in [1.29, 1.82) is 0 Å². The molecule has 1 fully saturated rings. The summed E-state index contributed by atoms with van der Waals surface area (Å²) in [7, 11) is 1.84. The molecule has 2 N–H and O–H groups in total. The van der Waals surface area contributed by atoms with E-state index in [-0.39, 0.29) is 5.91 Å². The predicted molar refractivity (Wildman–Crippen MR) is 70.3 cm³/mol. The Balaban J connectivity index is 2.04. The minimum absolute atomic E-state index is 0.0362. The van der Waals surface area contributed by atoms with Gasteiger partial charge in [0, 0.05) is 18.8 Å². The number of para-hydroxylation sites is 1. The summed E-state index contributed by atoms with van der Waals surface area (Å²) in [5, 5.41) is 6.17. The topological polar surface area (TPSA) is 41.1 Å². The van der Waals surface area contributed by atoms with Gasteiger partial charge in [0.2, 0.25) is 0 Å². The van der Waals surface area contributed by atoms with E-state index in [2.05, 4.69) is 17.6 Å². The quantitative estimate of drug-likeness (QED) is 0.841. The van der Waals surface area contributed by atoms with Gasteiger partial charge in [-0.1, -0.05) is 19.1 Å². The molecule has 0 saturated heterocycles. The summed E-state index contributed by atoms with van der Waals surface area (Å²) in [6, 6.07) is 7.96. The minimum atomic E-state index is 0.0362. The van der Waals surface area contributed by atoms with E-state index >= 15 is 0 Å². The SMILES string of the molecule is CNc1ccccc1C(=O)NC1CCC(C)C1. The second-order valence-electron chi connectivity index (χ2n) is 4.88. The molecule has 2 rings (SSSR count). The third-order valence-electron chi connectivity index (χ3n) is 3.47. The van der Waals surface area contributed by atoms with Crippen LogP contribution in [0.15, 0.2) is 24.3 Å². The second-order valence-corrected chi connectivity index (χ2v) is 4.88. The summed E-state index contributed by atoms with van der Waals surface area (Å²) in [5.41, 5.74) is 1.62. The normalized spacial score (nSPS) is 23.4. The van der Waals surface area contributed by atoms with Crippen LogP contribution in [0.5, 0.6) is 0 Å². The maximum atomic E-state index is 12.1. The van der Waals surface area contributed by atoms with Crippen molar-refractivity contribution in [2.75, 3.05) is 12.4 Å². The zero-order chi connectivity index (χ0) is 12.3. The predicted octanol–water partition coefficient (Wildman–Crippen LogP) is 2.65. The van der Waals surface area contributed by atoms with Crippen LogP contribution in [0, 0.1) is 5.92 Å². The van der Waals surface area contributed by atoms with Gasteiger partial charge < -0.3 is 10.6 Å². The van der Waals surface area contributed by atoms with Crippen molar-refractivity contribution >= 4 is 11.6 Å². The van der Waals surface area contributed by atoms with Crippen molar-refractivity contribution in [3.8, 4) is 0 Å². The first-order chi connectivity index (χ1) is 8.20. The molecule has 0 heterocycles. The van der Waals surface area contributed by atoms with Crippen molar-refractivity contribution in [1.82, 2.24) is 5.32 Å². The monoisotopic (exact) mass is 232 g/mol. The van der Waals surface area contributed by atoms with Gasteiger partial charge in [0.25, 0.3) is 5.91 Å². The van der Waals surface area contributed by atoms with Crippen LogP contribution < -0.4 is 10.6 Å². The number of carbonyl (C=O) groups is 1. The fourth-order valence-electron chi connectivity index (χ4n) is 2.50. The molecular formula is C14H20N2O. The van der Waals surface area contributed by atoms with Gasteiger partial charge in [0.15, 0.2) is 0 Å². The Labute approximate surface area is 103 Å². The maximum Gasteiger partial charge on any atom is 0.253 e. The van der Waals surface area contributed by atoms with E-state index in [1.165, 1.54) is 6.42 Å². The Bertz CT molecular complexity index is 403. The Morgan fingerprint density at radius 3 is 2.71 bits per heavy atom. The molecule has 1 aromatic carbocycles. The van der Waals surface area contributed by atoms with Crippen molar-refractivity contribution in [2.45, 2.75) is 32.2 Å². The van der Waals surface area contributed by atoms with Gasteiger partial charge in [-0.05, 0) is 37.3 Å². The van der Waals surface area contributed by atoms with Gasteiger partial charge in [-0.25, -0.2) is 0 Å². The molecule has 0 bridgehead atoms. The first-order valence-electron chi connectivity index (χ1n) is 6.28. The molecule has 17 heavy (non-hydrogen) atoms. The first kappa shape index (κ1) is 12.0. The van der Waals surface area contributed by atoms with E-state index in [4.69, 9.17) is 0 Å². The fraction of sp³-hybridized carbons (Fsp3) is 0.500. The number of amides is 1. The molecule has 1 saturated carbocycles. The smallest absolute Gasteiger partial charge is 0.253 e. The number of hydrogen-bond acceptors (Lipinski definition) is 2. The lowest BCUT2D eigenvalue weighted by molar-refractivity contribution is 0.0938. The molecule has 0 radical (unpaired) electrons. The van der Waals surface area contributed by atoms with Crippen molar-refractivity contribution in [2.24, 2.45) is 5.92 Å². The lowest BCUT2D eigenvalue weighted by Crippen LogP contribution is -2.33. The van der Waals surface area contributed by atoms with Crippen molar-refractivity contribution in [3.63, 3.8) is 0 Å². The van der Waals surface area contributed by atoms with E-state index in [1.54, 1.807) is 0 Å². The van der Waals surface area contributed by atoms with Gasteiger partial charge in [-0.3, -0.25) is 4.79 Å². The number of anilines is 1. The maximum absolute atomic E-state index is 12.1. The molecule has 1 aliphatic carbocycles. The van der Waals surface area contributed by atoms with Crippen LogP contribution in [0.25, 0.3) is 0 Å². The standard InChI is InChI=1S/C14H20N2O/c1-10-7-8-11(9-10)16-14(17)12-5-3-4-6-13(12)15-2/h3-6,10-11,15H,7-9H2,1-2H3,(H,16,17). The van der Waals surface area contributed by atoms with E-state index in [1.807, 2.05) is 31.3 Å². The molecule has 1 aliphatic rings. The average Bonchev–Trinajstić information content (AvgIpc) is 2.74. The van der Waals surface area contributed by atoms with Gasteiger partial charge in [0.05, 0.1) is 5.56 Å². The van der Waals surface area contributed by atoms with E-state index in [9.17, 15) is 4.79 Å². The van der Waals surface area contributed by atoms with Crippen LogP contribution in [0.4, 0.5) is 5.69 Å². The van der Waals surface area contributed by atoms with E-state index in [0.29, 0.717) is 6.04 Å². The highest BCUT2D eigenvalue weighted by Gasteiger charge is 2.23. The Morgan fingerprint density at radius 1 is 1.29 bits per heavy atom. The van der Waals surface area contributed by atoms with Crippen LogP contribution in [-0.2, 0) is 0 Å². The zero-order valence-corrected chi connectivity index (χ0v) is 10.5. The highest BCUT2D eigenvalue weighted by molar-refractivity contribution is 5.99. The first-order valence-corrected chi connectivity index (χ1v) is 6.28. The lowest BCUT2D eigenvalue weighted by atomic mass is 10.1. The molecule has 2 atom stereocenters. The van der Waals surface area contributed by atoms with Gasteiger partial charge in [-0.2, -0.15) is 0 Å². The summed E-state index contributed by atoms with van der Waals surface area (Å²) in [6.07, 6.45) is 3.43. The largest absolute Gasteiger partial charge is 0.387 e. The van der Waals surface area contributed by atoms with Crippen LogP contribution in [0.1, 0.15) is 36.5 Å². The molecule has 1 amide bonds. The number of carbonyl (C=O) groups excluding carboxylic acids is 1. The van der Waals surface area contributed by atoms with Crippen LogP contribution >= 0.6 is 0 Å². The van der Waals surface area contributed by atoms with Gasteiger partial charge in [-0.15, -0.1) is 0 Å². The van der Waals surface area contributed by atoms with Gasteiger partial charge in [0.1, 0.15) is 0 Å². The molecule has 0 spiro atoms. The summed E-state index contributed by atoms with van der Waals surface area (Å²) >= 11 is 0. The summed E-state index contributed by atoms with van der Waals surface area (Å²) < 4.78 is 0. The van der Waals surface area contributed by atoms with Crippen LogP contribution in [0.2, 0.25) is 0 Å². The van der Waals surface area contributed by atoms with Gasteiger partial charge >= 0.3 is 0 Å². The highest BCUT2D eigenvalue weighted by Crippen LogP contribution is 2.25. The lowest BCUT2D eigenvalue weighted by Gasteiger charge is -2.14. The fourth-order valence-corrected chi connectivity index (χ4v) is 2.50. The molecule has 0 aliphatic heterocycles. The number of hydrogen-bond donors (Lipinski definition) is 2. The third-order valence-corrected chi connectivity index (χ3v) is 3.47. The molecule has 2 unspecified atom stereocenters. The van der Waals surface area contributed by atoms with Crippen molar-refractivity contribution in [3.05, 3.63) is 29.8 Å². The van der Waals surface area contributed by atoms with E-state index < -0.39 is 0 Å². The number of benzene rings is 1. The number of rotatable bonds is 3. The molecule has 92 valence electrons. The molecule has 1 aromatic rings. The van der Waals surface area contributed by atoms with Crippen LogP contribution in [0.3, 0.4) is 0 Å². The zero-order valence-electron chi connectivity index (χ0n) is 10.5. The third kappa shape index (κ3) is 2.78. The highest BCUT2D eigenvalue weighted by atomic mass is 16.1. The molecule has 3 nitrogen and oxygen atoms in total. The second kappa shape index (κ2) is 5.21. The molecule has 0 aromatic heterocycles. The average molecular weight is 232 g/mol. The Hall–Kier alpha value is -1.51. The molecular weight excluding hydrogens is 212 g/mol.